The maximum absolute atomic E-state index is 11.3. The summed E-state index contributed by atoms with van der Waals surface area (Å²) in [6.07, 6.45) is 1.04. The molecule has 0 aromatic rings. The smallest absolute Gasteiger partial charge is 0.240 e. The molecule has 0 unspecified atom stereocenters. The largest absolute Gasteiger partial charge is 0.353 e. The second-order valence-electron chi connectivity index (χ2n) is 3.33. The number of carbonyl (C=O) groups excluding carboxylic acids is 1. The fourth-order valence-electron chi connectivity index (χ4n) is 0.567. The average molecular weight is 208 g/mol. The average Bonchev–Trinajstić information content (AvgIpc) is 1.97. The van der Waals surface area contributed by atoms with E-state index in [1.807, 2.05) is 0 Å². The molecule has 5 nitrogen and oxygen atoms in total. The Kier molecular flexibility index (Phi) is 3.87. The summed E-state index contributed by atoms with van der Waals surface area (Å²) in [5.41, 5.74) is 5.16. The Hall–Kier alpha value is -0.620. The van der Waals surface area contributed by atoms with Crippen LogP contribution in [0.3, 0.4) is 0 Å². The molecule has 6 heteroatoms. The summed E-state index contributed by atoms with van der Waals surface area (Å²) in [6, 6.07) is 0. The summed E-state index contributed by atoms with van der Waals surface area (Å²) in [5, 5.41) is 2.44. The summed E-state index contributed by atoms with van der Waals surface area (Å²) in [4.78, 5) is 11.3. The molecule has 0 aliphatic rings. The second-order valence-corrected chi connectivity index (χ2v) is 5.89. The standard InChI is InChI=1S/C7H16N2O3S/c1-7(2,13(3,11)12)6(10)9-5-4-8/h4-5,8H2,1-3H3,(H,9,10). The quantitative estimate of drug-likeness (QED) is 0.612. The van der Waals surface area contributed by atoms with Crippen molar-refractivity contribution in [1.29, 1.82) is 0 Å². The van der Waals surface area contributed by atoms with Gasteiger partial charge in [0.15, 0.2) is 9.84 Å². The van der Waals surface area contributed by atoms with Gasteiger partial charge in [-0.3, -0.25) is 4.79 Å². The van der Waals surface area contributed by atoms with Crippen molar-refractivity contribution in [3.8, 4) is 0 Å². The number of carbonyl (C=O) groups is 1. The Bertz CT molecular complexity index is 282. The van der Waals surface area contributed by atoms with Gasteiger partial charge in [0, 0.05) is 19.3 Å². The number of rotatable bonds is 4. The molecule has 0 rings (SSSR count). The van der Waals surface area contributed by atoms with E-state index < -0.39 is 20.5 Å². The van der Waals surface area contributed by atoms with E-state index in [1.54, 1.807) is 0 Å². The molecule has 0 aliphatic carbocycles. The molecule has 0 bridgehead atoms. The molecule has 0 saturated heterocycles. The SMILES string of the molecule is CC(C)(C(=O)NCCN)S(C)(=O)=O. The lowest BCUT2D eigenvalue weighted by atomic mass is 10.2. The molecular weight excluding hydrogens is 192 g/mol. The molecule has 13 heavy (non-hydrogen) atoms. The highest BCUT2D eigenvalue weighted by molar-refractivity contribution is 7.92. The van der Waals surface area contributed by atoms with Crippen molar-refractivity contribution in [2.24, 2.45) is 5.73 Å². The van der Waals surface area contributed by atoms with Gasteiger partial charge in [0.1, 0.15) is 4.75 Å². The molecule has 0 saturated carbocycles. The summed E-state index contributed by atoms with van der Waals surface area (Å²) in [6.45, 7) is 3.33. The Labute approximate surface area is 78.6 Å². The number of sulfone groups is 1. The molecule has 0 spiro atoms. The van der Waals surface area contributed by atoms with Crippen LogP contribution >= 0.6 is 0 Å². The summed E-state index contributed by atoms with van der Waals surface area (Å²) in [5.74, 6) is -0.513. The number of nitrogens with one attached hydrogen (secondary N) is 1. The fraction of sp³-hybridized carbons (Fsp3) is 0.857. The van der Waals surface area contributed by atoms with Crippen LogP contribution in [0.25, 0.3) is 0 Å². The van der Waals surface area contributed by atoms with Gasteiger partial charge in [-0.1, -0.05) is 0 Å². The Morgan fingerprint density at radius 1 is 1.46 bits per heavy atom. The van der Waals surface area contributed by atoms with Crippen molar-refractivity contribution in [2.75, 3.05) is 19.3 Å². The van der Waals surface area contributed by atoms with Crippen molar-refractivity contribution >= 4 is 15.7 Å². The van der Waals surface area contributed by atoms with Crippen LogP contribution in [0, 0.1) is 0 Å². The number of amides is 1. The zero-order valence-corrected chi connectivity index (χ0v) is 8.94. The fourth-order valence-corrected chi connectivity index (χ4v) is 0.976. The van der Waals surface area contributed by atoms with E-state index in [1.165, 1.54) is 13.8 Å². The van der Waals surface area contributed by atoms with Crippen LogP contribution in [0.15, 0.2) is 0 Å². The third kappa shape index (κ3) is 2.96. The van der Waals surface area contributed by atoms with Crippen LogP contribution in [0.4, 0.5) is 0 Å². The minimum atomic E-state index is -3.38. The molecule has 78 valence electrons. The van der Waals surface area contributed by atoms with E-state index in [9.17, 15) is 13.2 Å². The first-order valence-electron chi connectivity index (χ1n) is 3.91. The molecule has 0 aromatic carbocycles. The lowest BCUT2D eigenvalue weighted by molar-refractivity contribution is -0.122. The third-order valence-corrected chi connectivity index (χ3v) is 3.94. The van der Waals surface area contributed by atoms with Gasteiger partial charge in [-0.25, -0.2) is 8.42 Å². The highest BCUT2D eigenvalue weighted by Gasteiger charge is 2.37. The molecule has 3 N–H and O–H groups in total. The van der Waals surface area contributed by atoms with Gasteiger partial charge in [0.05, 0.1) is 0 Å². The predicted molar refractivity (Wildman–Crippen MR) is 51.0 cm³/mol. The van der Waals surface area contributed by atoms with E-state index in [4.69, 9.17) is 5.73 Å². The van der Waals surface area contributed by atoms with Crippen LogP contribution in [0.1, 0.15) is 13.8 Å². The molecule has 0 aliphatic heterocycles. The molecule has 0 atom stereocenters. The van der Waals surface area contributed by atoms with Gasteiger partial charge in [-0.2, -0.15) is 0 Å². The minimum absolute atomic E-state index is 0.289. The first-order valence-corrected chi connectivity index (χ1v) is 5.80. The van der Waals surface area contributed by atoms with Crippen molar-refractivity contribution in [2.45, 2.75) is 18.6 Å². The first-order chi connectivity index (χ1) is 5.73. The van der Waals surface area contributed by atoms with Gasteiger partial charge in [-0.15, -0.1) is 0 Å². The number of nitrogens with two attached hydrogens (primary N) is 1. The van der Waals surface area contributed by atoms with E-state index in [0.29, 0.717) is 6.54 Å². The second kappa shape index (κ2) is 4.06. The van der Waals surface area contributed by atoms with Crippen molar-refractivity contribution < 1.29 is 13.2 Å². The van der Waals surface area contributed by atoms with Crippen LogP contribution in [-0.2, 0) is 14.6 Å². The lowest BCUT2D eigenvalue weighted by Gasteiger charge is -2.20. The number of hydrogen-bond donors (Lipinski definition) is 2. The minimum Gasteiger partial charge on any atom is -0.353 e. The van der Waals surface area contributed by atoms with Gasteiger partial charge < -0.3 is 11.1 Å². The van der Waals surface area contributed by atoms with Crippen LogP contribution in [-0.4, -0.2) is 38.4 Å². The molecule has 0 aromatic heterocycles. The monoisotopic (exact) mass is 208 g/mol. The maximum atomic E-state index is 11.3. The van der Waals surface area contributed by atoms with Crippen LogP contribution in [0.5, 0.6) is 0 Å². The molecule has 1 amide bonds. The third-order valence-electron chi connectivity index (χ3n) is 1.90. The van der Waals surface area contributed by atoms with Crippen molar-refractivity contribution in [1.82, 2.24) is 5.32 Å². The predicted octanol–water partition coefficient (Wildman–Crippen LogP) is -1.12. The first kappa shape index (κ1) is 12.4. The van der Waals surface area contributed by atoms with E-state index >= 15 is 0 Å². The van der Waals surface area contributed by atoms with Crippen LogP contribution in [0.2, 0.25) is 0 Å². The molecule has 0 heterocycles. The van der Waals surface area contributed by atoms with E-state index in [-0.39, 0.29) is 6.54 Å². The van der Waals surface area contributed by atoms with E-state index in [0.717, 1.165) is 6.26 Å². The van der Waals surface area contributed by atoms with Crippen LogP contribution < -0.4 is 11.1 Å². The molecule has 0 fully saturated rings. The zero-order valence-electron chi connectivity index (χ0n) is 8.12. The molecular formula is C7H16N2O3S. The summed E-state index contributed by atoms with van der Waals surface area (Å²) < 4.78 is 20.9. The zero-order chi connectivity index (χ0) is 10.7. The number of hydrogen-bond acceptors (Lipinski definition) is 4. The Morgan fingerprint density at radius 3 is 2.23 bits per heavy atom. The van der Waals surface area contributed by atoms with Gasteiger partial charge in [-0.05, 0) is 13.8 Å². The summed E-state index contributed by atoms with van der Waals surface area (Å²) in [7, 11) is -3.38. The lowest BCUT2D eigenvalue weighted by Crippen LogP contribution is -2.48. The van der Waals surface area contributed by atoms with Crippen molar-refractivity contribution in [3.05, 3.63) is 0 Å². The Morgan fingerprint density at radius 2 is 1.92 bits per heavy atom. The molecule has 0 radical (unpaired) electrons. The van der Waals surface area contributed by atoms with Gasteiger partial charge in [0.2, 0.25) is 5.91 Å². The normalized spacial score (nSPS) is 12.6. The highest BCUT2D eigenvalue weighted by atomic mass is 32.2. The maximum Gasteiger partial charge on any atom is 0.240 e. The summed E-state index contributed by atoms with van der Waals surface area (Å²) >= 11 is 0. The van der Waals surface area contributed by atoms with Gasteiger partial charge in [0.25, 0.3) is 0 Å². The van der Waals surface area contributed by atoms with Gasteiger partial charge >= 0.3 is 0 Å². The Balaban J connectivity index is 4.57. The van der Waals surface area contributed by atoms with E-state index in [2.05, 4.69) is 5.32 Å². The topological polar surface area (TPSA) is 89.3 Å². The van der Waals surface area contributed by atoms with Crippen molar-refractivity contribution in [3.63, 3.8) is 0 Å². The highest BCUT2D eigenvalue weighted by Crippen LogP contribution is 2.14.